The molecule has 2 rings (SSSR count). The summed E-state index contributed by atoms with van der Waals surface area (Å²) in [6.07, 6.45) is 1.17. The number of rotatable bonds is 7. The number of benzene rings is 1. The zero-order valence-corrected chi connectivity index (χ0v) is 16.5. The predicted octanol–water partition coefficient (Wildman–Crippen LogP) is 4.52. The summed E-state index contributed by atoms with van der Waals surface area (Å²) < 4.78 is 6.51. The van der Waals surface area contributed by atoms with Gasteiger partial charge < -0.3 is 4.74 Å². The molecular formula is C18H23N3O2S2. The Bertz CT molecular complexity index is 721. The summed E-state index contributed by atoms with van der Waals surface area (Å²) >= 11 is 2.86. The van der Waals surface area contributed by atoms with Crippen LogP contribution in [0.25, 0.3) is 0 Å². The van der Waals surface area contributed by atoms with Crippen molar-refractivity contribution in [2.24, 2.45) is 0 Å². The maximum absolute atomic E-state index is 12.2. The van der Waals surface area contributed by atoms with Crippen LogP contribution in [0.1, 0.15) is 33.3 Å². The normalized spacial score (nSPS) is 12.5. The Balaban J connectivity index is 1.91. The summed E-state index contributed by atoms with van der Waals surface area (Å²) in [5.74, 6) is 1.17. The summed E-state index contributed by atoms with van der Waals surface area (Å²) in [6, 6.07) is 7.82. The van der Waals surface area contributed by atoms with Crippen LogP contribution >= 0.6 is 23.1 Å². The molecule has 0 saturated carbocycles. The first-order chi connectivity index (χ1) is 11.8. The molecule has 0 aliphatic heterocycles. The third kappa shape index (κ3) is 5.86. The van der Waals surface area contributed by atoms with Crippen molar-refractivity contribution in [1.82, 2.24) is 10.2 Å². The van der Waals surface area contributed by atoms with E-state index in [2.05, 4.69) is 42.9 Å². The highest BCUT2D eigenvalue weighted by Crippen LogP contribution is 2.26. The minimum atomic E-state index is -0.631. The van der Waals surface area contributed by atoms with Gasteiger partial charge in [0.2, 0.25) is 5.13 Å². The first-order valence-corrected chi connectivity index (χ1v) is 9.75. The summed E-state index contributed by atoms with van der Waals surface area (Å²) in [5.41, 5.74) is 1.30. The Hall–Kier alpha value is -1.86. The molecule has 1 N–H and O–H groups in total. The first-order valence-electron chi connectivity index (χ1n) is 7.95. The molecule has 1 atom stereocenters. The fourth-order valence-corrected chi connectivity index (χ4v) is 3.46. The van der Waals surface area contributed by atoms with Gasteiger partial charge >= 0.3 is 0 Å². The molecule has 1 heterocycles. The van der Waals surface area contributed by atoms with E-state index in [1.807, 2.05) is 24.3 Å². The topological polar surface area (TPSA) is 64.1 Å². The number of carbonyl (C=O) groups is 1. The molecule has 5 nitrogen and oxygen atoms in total. The average molecular weight is 378 g/mol. The van der Waals surface area contributed by atoms with Gasteiger partial charge in [0.05, 0.1) is 0 Å². The molecule has 0 radical (unpaired) electrons. The third-order valence-corrected chi connectivity index (χ3v) is 5.33. The smallest absolute Gasteiger partial charge is 0.266 e. The van der Waals surface area contributed by atoms with E-state index >= 15 is 0 Å². The fraction of sp³-hybridized carbons (Fsp3) is 0.389. The minimum absolute atomic E-state index is 0.0840. The van der Waals surface area contributed by atoms with E-state index in [0.29, 0.717) is 10.9 Å². The van der Waals surface area contributed by atoms with Crippen LogP contribution < -0.4 is 10.1 Å². The number of anilines is 1. The number of hydrogen-bond acceptors (Lipinski definition) is 6. The van der Waals surface area contributed by atoms with Crippen LogP contribution in [0.2, 0.25) is 0 Å². The summed E-state index contributed by atoms with van der Waals surface area (Å²) in [5, 5.41) is 11.2. The molecule has 0 fully saturated rings. The lowest BCUT2D eigenvalue weighted by Crippen LogP contribution is -2.30. The molecule has 0 aliphatic carbocycles. The molecule has 0 aliphatic rings. The molecule has 25 heavy (non-hydrogen) atoms. The van der Waals surface area contributed by atoms with Gasteiger partial charge in [-0.2, -0.15) is 0 Å². The largest absolute Gasteiger partial charge is 0.481 e. The molecule has 1 amide bonds. The van der Waals surface area contributed by atoms with Crippen molar-refractivity contribution in [2.75, 3.05) is 11.1 Å². The predicted molar refractivity (Wildman–Crippen MR) is 105 cm³/mol. The zero-order chi connectivity index (χ0) is 18.4. The van der Waals surface area contributed by atoms with Crippen LogP contribution in [0.15, 0.2) is 41.3 Å². The van der Waals surface area contributed by atoms with Gasteiger partial charge in [-0.15, -0.1) is 16.8 Å². The van der Waals surface area contributed by atoms with Crippen molar-refractivity contribution in [3.63, 3.8) is 0 Å². The summed E-state index contributed by atoms with van der Waals surface area (Å²) in [6.45, 7) is 11.8. The standard InChI is InChI=1S/C18H23N3O2S2/c1-6-11-24-17-21-20-16(25-17)19-15(22)12(2)23-14-9-7-13(8-10-14)18(3,4)5/h6-10,12H,1,11H2,2-5H3,(H,19,20,22)/t12-/m0/s1. The number of hydrogen-bond donors (Lipinski definition) is 1. The maximum Gasteiger partial charge on any atom is 0.266 e. The highest BCUT2D eigenvalue weighted by Gasteiger charge is 2.18. The molecule has 0 unspecified atom stereocenters. The van der Waals surface area contributed by atoms with Crippen molar-refractivity contribution < 1.29 is 9.53 Å². The quantitative estimate of drug-likeness (QED) is 0.437. The Labute approximate surface area is 156 Å². The van der Waals surface area contributed by atoms with Crippen molar-refractivity contribution in [3.05, 3.63) is 42.5 Å². The second kappa shape index (κ2) is 8.49. The lowest BCUT2D eigenvalue weighted by atomic mass is 9.87. The van der Waals surface area contributed by atoms with Crippen molar-refractivity contribution >= 4 is 34.1 Å². The molecule has 134 valence electrons. The van der Waals surface area contributed by atoms with Crippen LogP contribution in [0.3, 0.4) is 0 Å². The summed E-state index contributed by atoms with van der Waals surface area (Å²) in [4.78, 5) is 12.2. The van der Waals surface area contributed by atoms with Gasteiger partial charge in [-0.25, -0.2) is 0 Å². The van der Waals surface area contributed by atoms with E-state index in [9.17, 15) is 4.79 Å². The number of amides is 1. The third-order valence-electron chi connectivity index (χ3n) is 3.36. The number of aromatic nitrogens is 2. The van der Waals surface area contributed by atoms with Crippen LogP contribution in [-0.4, -0.2) is 28.0 Å². The minimum Gasteiger partial charge on any atom is -0.481 e. The van der Waals surface area contributed by atoms with E-state index in [1.54, 1.807) is 13.0 Å². The van der Waals surface area contributed by atoms with E-state index in [0.717, 1.165) is 10.1 Å². The monoisotopic (exact) mass is 377 g/mol. The molecule has 7 heteroatoms. The van der Waals surface area contributed by atoms with Gasteiger partial charge in [-0.3, -0.25) is 10.1 Å². The van der Waals surface area contributed by atoms with E-state index in [-0.39, 0.29) is 11.3 Å². The zero-order valence-electron chi connectivity index (χ0n) is 14.9. The molecule has 1 aromatic heterocycles. The van der Waals surface area contributed by atoms with Crippen LogP contribution in [-0.2, 0) is 10.2 Å². The molecular weight excluding hydrogens is 354 g/mol. The maximum atomic E-state index is 12.2. The van der Waals surface area contributed by atoms with Gasteiger partial charge in [0.1, 0.15) is 5.75 Å². The number of carbonyl (C=O) groups excluding carboxylic acids is 1. The molecule has 0 saturated heterocycles. The number of thioether (sulfide) groups is 1. The highest BCUT2D eigenvalue weighted by molar-refractivity contribution is 8.01. The van der Waals surface area contributed by atoms with Crippen molar-refractivity contribution in [1.29, 1.82) is 0 Å². The van der Waals surface area contributed by atoms with Crippen LogP contribution in [0.5, 0.6) is 5.75 Å². The molecule has 0 spiro atoms. The second-order valence-corrected chi connectivity index (χ2v) is 8.74. The van der Waals surface area contributed by atoms with E-state index in [4.69, 9.17) is 4.74 Å². The number of nitrogens with one attached hydrogen (secondary N) is 1. The van der Waals surface area contributed by atoms with Gasteiger partial charge in [0, 0.05) is 5.75 Å². The first kappa shape index (κ1) is 19.5. The van der Waals surface area contributed by atoms with E-state index < -0.39 is 6.10 Å². The van der Waals surface area contributed by atoms with E-state index in [1.165, 1.54) is 28.7 Å². The molecule has 1 aromatic carbocycles. The molecule has 0 bridgehead atoms. The lowest BCUT2D eigenvalue weighted by Gasteiger charge is -2.20. The van der Waals surface area contributed by atoms with Crippen molar-refractivity contribution in [2.45, 2.75) is 43.6 Å². The summed E-state index contributed by atoms with van der Waals surface area (Å²) in [7, 11) is 0. The Morgan fingerprint density at radius 3 is 2.64 bits per heavy atom. The highest BCUT2D eigenvalue weighted by atomic mass is 32.2. The second-order valence-electron chi connectivity index (χ2n) is 6.50. The van der Waals surface area contributed by atoms with Gasteiger partial charge in [0.25, 0.3) is 5.91 Å². The SMILES string of the molecule is C=CCSc1nnc(NC(=O)[C@H](C)Oc2ccc(C(C)(C)C)cc2)s1. The average Bonchev–Trinajstić information content (AvgIpc) is 3.00. The number of nitrogens with zero attached hydrogens (tertiary/aromatic N) is 2. The van der Waals surface area contributed by atoms with Crippen molar-refractivity contribution in [3.8, 4) is 5.75 Å². The van der Waals surface area contributed by atoms with Crippen LogP contribution in [0.4, 0.5) is 5.13 Å². The number of ether oxygens (including phenoxy) is 1. The lowest BCUT2D eigenvalue weighted by molar-refractivity contribution is -0.122. The Kier molecular flexibility index (Phi) is 6.61. The van der Waals surface area contributed by atoms with Crippen LogP contribution in [0, 0.1) is 0 Å². The Morgan fingerprint density at radius 1 is 1.36 bits per heavy atom. The van der Waals surface area contributed by atoms with Gasteiger partial charge in [-0.05, 0) is 30.0 Å². The van der Waals surface area contributed by atoms with Gasteiger partial charge in [0.15, 0.2) is 10.4 Å². The Morgan fingerprint density at radius 2 is 2.04 bits per heavy atom. The fourth-order valence-electron chi connectivity index (χ4n) is 1.95. The van der Waals surface area contributed by atoms with Gasteiger partial charge in [-0.1, -0.05) is 62.1 Å². The molecule has 2 aromatic rings.